The van der Waals surface area contributed by atoms with Crippen LogP contribution in [0.3, 0.4) is 0 Å². The van der Waals surface area contributed by atoms with Gasteiger partial charge in [-0.15, -0.1) is 0 Å². The number of aromatic nitrogens is 2. The molecule has 0 fully saturated rings. The van der Waals surface area contributed by atoms with Gasteiger partial charge < -0.3 is 20.1 Å². The number of nitrogens with one attached hydrogen (secondary N) is 2. The highest BCUT2D eigenvalue weighted by molar-refractivity contribution is 5.91. The molecule has 26 heavy (non-hydrogen) atoms. The Morgan fingerprint density at radius 2 is 1.96 bits per heavy atom. The topological polar surface area (TPSA) is 77.4 Å². The average molecular weight is 352 g/mol. The molecule has 1 aromatic heterocycles. The molecular weight excluding hydrogens is 332 g/mol. The number of benzene rings is 2. The third-order valence-electron chi connectivity index (χ3n) is 3.83. The van der Waals surface area contributed by atoms with Gasteiger partial charge in [-0.1, -0.05) is 12.1 Å². The number of methoxy groups -OCH3 is 2. The van der Waals surface area contributed by atoms with Crippen molar-refractivity contribution < 1.29 is 14.3 Å². The van der Waals surface area contributed by atoms with E-state index in [1.807, 2.05) is 48.7 Å². The van der Waals surface area contributed by atoms with Crippen LogP contribution in [-0.2, 0) is 6.54 Å². The van der Waals surface area contributed by atoms with Gasteiger partial charge in [0.2, 0.25) is 0 Å². The molecular formula is C19H20N4O3. The van der Waals surface area contributed by atoms with Gasteiger partial charge in [-0.2, -0.15) is 5.10 Å². The van der Waals surface area contributed by atoms with Gasteiger partial charge >= 0.3 is 6.03 Å². The lowest BCUT2D eigenvalue weighted by Crippen LogP contribution is -2.28. The second-order valence-corrected chi connectivity index (χ2v) is 5.45. The summed E-state index contributed by atoms with van der Waals surface area (Å²) in [6.45, 7) is 0.302. The Morgan fingerprint density at radius 3 is 2.69 bits per heavy atom. The van der Waals surface area contributed by atoms with Crippen LogP contribution in [0.5, 0.6) is 11.5 Å². The number of hydrogen-bond donors (Lipinski definition) is 2. The minimum absolute atomic E-state index is 0.302. The lowest BCUT2D eigenvalue weighted by molar-refractivity contribution is 0.251. The summed E-state index contributed by atoms with van der Waals surface area (Å²) in [4.78, 5) is 12.3. The molecule has 3 aromatic rings. The minimum atomic E-state index is -0.325. The second kappa shape index (κ2) is 8.06. The molecule has 0 bridgehead atoms. The molecule has 7 nitrogen and oxygen atoms in total. The van der Waals surface area contributed by atoms with Crippen molar-refractivity contribution in [3.05, 3.63) is 66.5 Å². The molecule has 0 unspecified atom stereocenters. The van der Waals surface area contributed by atoms with Gasteiger partial charge in [0.25, 0.3) is 0 Å². The van der Waals surface area contributed by atoms with E-state index in [9.17, 15) is 4.79 Å². The fourth-order valence-corrected chi connectivity index (χ4v) is 2.55. The highest BCUT2D eigenvalue weighted by Crippen LogP contribution is 2.24. The van der Waals surface area contributed by atoms with Gasteiger partial charge in [0.05, 0.1) is 25.6 Å². The number of anilines is 1. The zero-order valence-corrected chi connectivity index (χ0v) is 14.6. The zero-order valence-electron chi connectivity index (χ0n) is 14.6. The number of urea groups is 1. The molecule has 2 N–H and O–H groups in total. The maximum atomic E-state index is 12.3. The second-order valence-electron chi connectivity index (χ2n) is 5.45. The monoisotopic (exact) mass is 352 g/mol. The maximum Gasteiger partial charge on any atom is 0.319 e. The van der Waals surface area contributed by atoms with Gasteiger partial charge in [-0.3, -0.25) is 0 Å². The van der Waals surface area contributed by atoms with Crippen molar-refractivity contribution in [1.29, 1.82) is 0 Å². The first-order valence-corrected chi connectivity index (χ1v) is 8.06. The van der Waals surface area contributed by atoms with E-state index < -0.39 is 0 Å². The van der Waals surface area contributed by atoms with Gasteiger partial charge in [-0.05, 0) is 36.4 Å². The number of carbonyl (C=O) groups excluding carboxylic acids is 1. The van der Waals surface area contributed by atoms with Gasteiger partial charge in [0, 0.05) is 24.5 Å². The summed E-state index contributed by atoms with van der Waals surface area (Å²) in [5.41, 5.74) is 2.26. The number of para-hydroxylation sites is 2. The highest BCUT2D eigenvalue weighted by Gasteiger charge is 2.10. The Hall–Kier alpha value is -3.48. The molecule has 134 valence electrons. The third kappa shape index (κ3) is 3.94. The molecule has 0 aliphatic heterocycles. The Bertz CT molecular complexity index is 878. The first-order chi connectivity index (χ1) is 12.7. The third-order valence-corrected chi connectivity index (χ3v) is 3.83. The summed E-state index contributed by atoms with van der Waals surface area (Å²) in [7, 11) is 3.18. The fraction of sp³-hybridized carbons (Fsp3) is 0.158. The van der Waals surface area contributed by atoms with E-state index in [2.05, 4.69) is 15.7 Å². The number of rotatable bonds is 6. The normalized spacial score (nSPS) is 10.2. The molecule has 0 aliphatic carbocycles. The van der Waals surface area contributed by atoms with Gasteiger partial charge in [0.15, 0.2) is 0 Å². The minimum Gasteiger partial charge on any atom is -0.497 e. The molecule has 0 atom stereocenters. The predicted molar refractivity (Wildman–Crippen MR) is 99.0 cm³/mol. The summed E-state index contributed by atoms with van der Waals surface area (Å²) in [6.07, 6.45) is 3.51. The Kier molecular flexibility index (Phi) is 5.38. The predicted octanol–water partition coefficient (Wildman–Crippen LogP) is 3.21. The van der Waals surface area contributed by atoms with Crippen molar-refractivity contribution in [3.8, 4) is 17.2 Å². The van der Waals surface area contributed by atoms with Crippen LogP contribution in [-0.4, -0.2) is 30.0 Å². The lowest BCUT2D eigenvalue weighted by Gasteiger charge is -2.14. The van der Waals surface area contributed by atoms with Crippen molar-refractivity contribution in [1.82, 2.24) is 15.1 Å². The SMILES string of the molecule is COc1ccc(OC)c(CNC(=O)Nc2ccccc2-n2cccn2)c1. The van der Waals surface area contributed by atoms with Crippen LogP contribution >= 0.6 is 0 Å². The summed E-state index contributed by atoms with van der Waals surface area (Å²) in [5.74, 6) is 1.38. The van der Waals surface area contributed by atoms with Crippen LogP contribution < -0.4 is 20.1 Å². The smallest absolute Gasteiger partial charge is 0.319 e. The summed E-state index contributed by atoms with van der Waals surface area (Å²) >= 11 is 0. The fourth-order valence-electron chi connectivity index (χ4n) is 2.55. The van der Waals surface area contributed by atoms with Crippen molar-refractivity contribution in [2.75, 3.05) is 19.5 Å². The lowest BCUT2D eigenvalue weighted by atomic mass is 10.2. The van der Waals surface area contributed by atoms with Crippen LogP contribution in [0, 0.1) is 0 Å². The van der Waals surface area contributed by atoms with Crippen LogP contribution in [0.25, 0.3) is 5.69 Å². The molecule has 7 heteroatoms. The number of amides is 2. The van der Waals surface area contributed by atoms with Crippen molar-refractivity contribution in [2.45, 2.75) is 6.54 Å². The Balaban J connectivity index is 1.69. The summed E-state index contributed by atoms with van der Waals surface area (Å²) in [6, 6.07) is 14.4. The largest absolute Gasteiger partial charge is 0.497 e. The number of ether oxygens (including phenoxy) is 2. The van der Waals surface area contributed by atoms with Crippen molar-refractivity contribution in [2.24, 2.45) is 0 Å². The number of carbonyl (C=O) groups is 1. The molecule has 0 radical (unpaired) electrons. The quantitative estimate of drug-likeness (QED) is 0.714. The van der Waals surface area contributed by atoms with Gasteiger partial charge in [-0.25, -0.2) is 9.48 Å². The van der Waals surface area contributed by atoms with E-state index in [1.165, 1.54) is 0 Å². The number of nitrogens with zero attached hydrogens (tertiary/aromatic N) is 2. The van der Waals surface area contributed by atoms with E-state index in [-0.39, 0.29) is 6.03 Å². The van der Waals surface area contributed by atoms with Crippen LogP contribution in [0.2, 0.25) is 0 Å². The highest BCUT2D eigenvalue weighted by atomic mass is 16.5. The van der Waals surface area contributed by atoms with E-state index >= 15 is 0 Å². The van der Waals surface area contributed by atoms with E-state index in [1.54, 1.807) is 31.2 Å². The molecule has 1 heterocycles. The molecule has 2 aromatic carbocycles. The first kappa shape index (κ1) is 17.3. The Labute approximate surface area is 151 Å². The Morgan fingerprint density at radius 1 is 1.12 bits per heavy atom. The summed E-state index contributed by atoms with van der Waals surface area (Å²) in [5, 5.41) is 9.89. The molecule has 0 spiro atoms. The summed E-state index contributed by atoms with van der Waals surface area (Å²) < 4.78 is 12.2. The van der Waals surface area contributed by atoms with Crippen LogP contribution in [0.1, 0.15) is 5.56 Å². The molecule has 2 amide bonds. The van der Waals surface area contributed by atoms with Crippen LogP contribution in [0.15, 0.2) is 60.9 Å². The van der Waals surface area contributed by atoms with Crippen molar-refractivity contribution >= 4 is 11.7 Å². The van der Waals surface area contributed by atoms with Gasteiger partial charge in [0.1, 0.15) is 11.5 Å². The van der Waals surface area contributed by atoms with Crippen LogP contribution in [0.4, 0.5) is 10.5 Å². The number of hydrogen-bond acceptors (Lipinski definition) is 4. The van der Waals surface area contributed by atoms with E-state index in [4.69, 9.17) is 9.47 Å². The maximum absolute atomic E-state index is 12.3. The van der Waals surface area contributed by atoms with E-state index in [0.717, 1.165) is 11.3 Å². The van der Waals surface area contributed by atoms with E-state index in [0.29, 0.717) is 23.7 Å². The molecule has 0 saturated carbocycles. The standard InChI is InChI=1S/C19H20N4O3/c1-25-15-8-9-18(26-2)14(12-15)13-20-19(24)22-16-6-3-4-7-17(16)23-11-5-10-21-23/h3-12H,13H2,1-2H3,(H2,20,22,24). The average Bonchev–Trinajstić information content (AvgIpc) is 3.21. The first-order valence-electron chi connectivity index (χ1n) is 8.06. The molecule has 0 aliphatic rings. The van der Waals surface area contributed by atoms with Crippen molar-refractivity contribution in [3.63, 3.8) is 0 Å². The molecule has 0 saturated heterocycles. The molecule has 3 rings (SSSR count). The zero-order chi connectivity index (χ0) is 18.4.